The van der Waals surface area contributed by atoms with Crippen LogP contribution >= 0.6 is 0 Å². The number of hydrogen-bond acceptors (Lipinski definition) is 4. The first kappa shape index (κ1) is 14.4. The molecular formula is C18H16N4O2. The van der Waals surface area contributed by atoms with Gasteiger partial charge in [-0.05, 0) is 29.8 Å². The van der Waals surface area contributed by atoms with Gasteiger partial charge in [-0.2, -0.15) is 5.10 Å². The van der Waals surface area contributed by atoms with Gasteiger partial charge in [0.1, 0.15) is 16.9 Å². The van der Waals surface area contributed by atoms with Crippen molar-refractivity contribution in [3.63, 3.8) is 0 Å². The number of fused-ring (bicyclic) bond motifs is 3. The van der Waals surface area contributed by atoms with Crippen molar-refractivity contribution in [2.24, 2.45) is 7.05 Å². The normalized spacial score (nSPS) is 11.2. The molecule has 3 aromatic heterocycles. The molecule has 0 aliphatic heterocycles. The topological polar surface area (TPSA) is 61.9 Å². The minimum absolute atomic E-state index is 0.129. The third kappa shape index (κ3) is 2.15. The molecule has 24 heavy (non-hydrogen) atoms. The predicted molar refractivity (Wildman–Crippen MR) is 92.4 cm³/mol. The van der Waals surface area contributed by atoms with Crippen LogP contribution in [0.1, 0.15) is 5.56 Å². The van der Waals surface area contributed by atoms with Crippen molar-refractivity contribution in [3.05, 3.63) is 64.7 Å². The summed E-state index contributed by atoms with van der Waals surface area (Å²) in [7, 11) is 3.48. The molecule has 0 saturated heterocycles. The number of rotatable bonds is 3. The summed E-state index contributed by atoms with van der Waals surface area (Å²) in [6, 6.07) is 11.4. The molecule has 0 saturated carbocycles. The van der Waals surface area contributed by atoms with Gasteiger partial charge in [-0.1, -0.05) is 12.1 Å². The second-order valence-electron chi connectivity index (χ2n) is 5.65. The van der Waals surface area contributed by atoms with Gasteiger partial charge >= 0.3 is 0 Å². The lowest BCUT2D eigenvalue weighted by atomic mass is 10.2. The molecule has 0 N–H and O–H groups in total. The van der Waals surface area contributed by atoms with Gasteiger partial charge in [0.15, 0.2) is 0 Å². The van der Waals surface area contributed by atoms with Crippen LogP contribution in [-0.2, 0) is 13.6 Å². The van der Waals surface area contributed by atoms with Gasteiger partial charge in [-0.3, -0.25) is 4.79 Å². The van der Waals surface area contributed by atoms with Crippen LogP contribution in [0.25, 0.3) is 21.9 Å². The number of pyridine rings is 1. The third-order valence-electron chi connectivity index (χ3n) is 4.21. The molecule has 3 heterocycles. The van der Waals surface area contributed by atoms with Crippen molar-refractivity contribution in [1.29, 1.82) is 0 Å². The van der Waals surface area contributed by atoms with Gasteiger partial charge in [-0.15, -0.1) is 0 Å². The van der Waals surface area contributed by atoms with Crippen molar-refractivity contribution in [2.45, 2.75) is 6.54 Å². The minimum atomic E-state index is -0.129. The van der Waals surface area contributed by atoms with Crippen LogP contribution in [0, 0.1) is 0 Å². The van der Waals surface area contributed by atoms with E-state index < -0.39 is 0 Å². The molecule has 120 valence electrons. The number of aromatic nitrogens is 4. The highest BCUT2D eigenvalue weighted by atomic mass is 16.5. The Balaban J connectivity index is 1.88. The summed E-state index contributed by atoms with van der Waals surface area (Å²) >= 11 is 0. The van der Waals surface area contributed by atoms with E-state index in [0.717, 1.165) is 27.7 Å². The molecule has 0 atom stereocenters. The number of benzene rings is 1. The molecule has 1 aromatic carbocycles. The Kier molecular flexibility index (Phi) is 3.30. The number of aryl methyl sites for hydroxylation is 1. The van der Waals surface area contributed by atoms with E-state index in [-0.39, 0.29) is 5.56 Å². The highest BCUT2D eigenvalue weighted by molar-refractivity contribution is 6.05. The van der Waals surface area contributed by atoms with Crippen LogP contribution in [0.5, 0.6) is 5.75 Å². The Labute approximate surface area is 137 Å². The van der Waals surface area contributed by atoms with Crippen LogP contribution in [0.4, 0.5) is 0 Å². The molecular weight excluding hydrogens is 304 g/mol. The molecule has 0 aliphatic carbocycles. The average Bonchev–Trinajstić information content (AvgIpc) is 2.91. The second kappa shape index (κ2) is 5.49. The Morgan fingerprint density at radius 3 is 2.88 bits per heavy atom. The first-order valence-corrected chi connectivity index (χ1v) is 7.61. The summed E-state index contributed by atoms with van der Waals surface area (Å²) in [5.41, 5.74) is 2.23. The Morgan fingerprint density at radius 1 is 1.17 bits per heavy atom. The maximum Gasteiger partial charge on any atom is 0.291 e. The number of nitrogens with zero attached hydrogens (tertiary/aromatic N) is 4. The molecule has 6 nitrogen and oxygen atoms in total. The largest absolute Gasteiger partial charge is 0.497 e. The van der Waals surface area contributed by atoms with Crippen LogP contribution in [0.15, 0.2) is 53.6 Å². The second-order valence-corrected chi connectivity index (χ2v) is 5.65. The first-order chi connectivity index (χ1) is 11.7. The van der Waals surface area contributed by atoms with Gasteiger partial charge in [0.25, 0.3) is 5.56 Å². The van der Waals surface area contributed by atoms with Crippen molar-refractivity contribution in [3.8, 4) is 5.75 Å². The Morgan fingerprint density at radius 2 is 2.04 bits per heavy atom. The van der Waals surface area contributed by atoms with Crippen molar-refractivity contribution in [1.82, 2.24) is 19.3 Å². The maximum atomic E-state index is 12.9. The zero-order valence-electron chi connectivity index (χ0n) is 13.4. The Bertz CT molecular complexity index is 1110. The summed E-state index contributed by atoms with van der Waals surface area (Å²) in [4.78, 5) is 17.3. The lowest BCUT2D eigenvalue weighted by Crippen LogP contribution is -2.24. The zero-order chi connectivity index (χ0) is 16.7. The molecule has 0 fully saturated rings. The molecule has 0 bridgehead atoms. The molecule has 0 radical (unpaired) electrons. The summed E-state index contributed by atoms with van der Waals surface area (Å²) in [6.45, 7) is 0.390. The van der Waals surface area contributed by atoms with E-state index in [4.69, 9.17) is 4.74 Å². The number of ether oxygens (including phenoxy) is 1. The fourth-order valence-electron chi connectivity index (χ4n) is 3.04. The molecule has 0 spiro atoms. The van der Waals surface area contributed by atoms with Crippen LogP contribution in [0.3, 0.4) is 0 Å². The van der Waals surface area contributed by atoms with Gasteiger partial charge in [0.2, 0.25) is 0 Å². The highest BCUT2D eigenvalue weighted by Crippen LogP contribution is 2.23. The molecule has 0 aliphatic rings. The summed E-state index contributed by atoms with van der Waals surface area (Å²) < 4.78 is 8.53. The van der Waals surface area contributed by atoms with E-state index in [1.807, 2.05) is 48.0 Å². The molecule has 0 amide bonds. The molecule has 4 aromatic rings. The number of methoxy groups -OCH3 is 1. The van der Waals surface area contributed by atoms with E-state index in [9.17, 15) is 4.79 Å². The predicted octanol–water partition coefficient (Wildman–Crippen LogP) is 2.34. The fraction of sp³-hybridized carbons (Fsp3) is 0.167. The van der Waals surface area contributed by atoms with Crippen LogP contribution < -0.4 is 10.3 Å². The lowest BCUT2D eigenvalue weighted by molar-refractivity contribution is 0.414. The van der Waals surface area contributed by atoms with Gasteiger partial charge in [0, 0.05) is 24.0 Å². The Hall–Kier alpha value is -3.15. The quantitative estimate of drug-likeness (QED) is 0.581. The standard InChI is InChI=1S/C18H16N4O2/c1-21-16-15(14-7-4-8-19-17(14)21)10-20-22(18(16)23)11-12-5-3-6-13(9-12)24-2/h3-10H,11H2,1-2H3. The minimum Gasteiger partial charge on any atom is -0.497 e. The van der Waals surface area contributed by atoms with E-state index in [1.165, 1.54) is 4.68 Å². The fourth-order valence-corrected chi connectivity index (χ4v) is 3.04. The van der Waals surface area contributed by atoms with E-state index in [1.54, 1.807) is 19.5 Å². The van der Waals surface area contributed by atoms with Crippen molar-refractivity contribution in [2.75, 3.05) is 7.11 Å². The monoisotopic (exact) mass is 320 g/mol. The smallest absolute Gasteiger partial charge is 0.291 e. The van der Waals surface area contributed by atoms with Crippen LogP contribution in [0.2, 0.25) is 0 Å². The van der Waals surface area contributed by atoms with E-state index in [0.29, 0.717) is 12.1 Å². The van der Waals surface area contributed by atoms with Crippen molar-refractivity contribution >= 4 is 21.9 Å². The summed E-state index contributed by atoms with van der Waals surface area (Å²) in [5, 5.41) is 6.11. The highest BCUT2D eigenvalue weighted by Gasteiger charge is 2.14. The summed E-state index contributed by atoms with van der Waals surface area (Å²) in [5.74, 6) is 0.760. The van der Waals surface area contributed by atoms with E-state index in [2.05, 4.69) is 10.1 Å². The molecule has 4 rings (SSSR count). The van der Waals surface area contributed by atoms with Crippen molar-refractivity contribution < 1.29 is 4.74 Å². The van der Waals surface area contributed by atoms with Gasteiger partial charge in [0.05, 0.1) is 19.9 Å². The molecule has 6 heteroatoms. The van der Waals surface area contributed by atoms with Gasteiger partial charge in [-0.25, -0.2) is 9.67 Å². The number of hydrogen-bond donors (Lipinski definition) is 0. The zero-order valence-corrected chi connectivity index (χ0v) is 13.4. The lowest BCUT2D eigenvalue weighted by Gasteiger charge is -2.07. The van der Waals surface area contributed by atoms with E-state index >= 15 is 0 Å². The third-order valence-corrected chi connectivity index (χ3v) is 4.21. The summed E-state index contributed by atoms with van der Waals surface area (Å²) in [6.07, 6.45) is 3.46. The first-order valence-electron chi connectivity index (χ1n) is 7.61. The SMILES string of the molecule is COc1cccc(Cn2ncc3c4cccnc4n(C)c3c2=O)c1. The maximum absolute atomic E-state index is 12.9. The van der Waals surface area contributed by atoms with Crippen LogP contribution in [-0.4, -0.2) is 26.4 Å². The van der Waals surface area contributed by atoms with Gasteiger partial charge < -0.3 is 9.30 Å². The average molecular weight is 320 g/mol. The molecule has 0 unspecified atom stereocenters.